The summed E-state index contributed by atoms with van der Waals surface area (Å²) in [7, 11) is 0. The number of nitrogens with one attached hydrogen (secondary N) is 1. The number of carbonyl (C=O) groups excluding carboxylic acids is 1. The fraction of sp³-hybridized carbons (Fsp3) is 0.312. The fourth-order valence-electron chi connectivity index (χ4n) is 2.44. The average Bonchev–Trinajstić information content (AvgIpc) is 2.83. The first-order valence-corrected chi connectivity index (χ1v) is 6.94. The molecule has 0 aliphatic rings. The van der Waals surface area contributed by atoms with Gasteiger partial charge in [0, 0.05) is 23.6 Å². The average molecular weight is 302 g/mol. The van der Waals surface area contributed by atoms with Crippen LogP contribution >= 0.6 is 0 Å². The standard InChI is InChI=1S/C16H18N2O4/c1-9(14-10(2)18-22-11(14)3)8-17-15(19)12-5-4-6-13(7-12)16(20)21/h4-7,9H,8H2,1-3H3,(H,17,19)(H,20,21). The number of benzene rings is 1. The van der Waals surface area contributed by atoms with E-state index in [0.29, 0.717) is 12.1 Å². The van der Waals surface area contributed by atoms with Gasteiger partial charge in [-0.05, 0) is 32.0 Å². The Labute approximate surface area is 128 Å². The zero-order valence-corrected chi connectivity index (χ0v) is 12.7. The van der Waals surface area contributed by atoms with E-state index in [1.807, 2.05) is 20.8 Å². The van der Waals surface area contributed by atoms with E-state index in [1.54, 1.807) is 12.1 Å². The van der Waals surface area contributed by atoms with Crippen LogP contribution in [0.25, 0.3) is 0 Å². The second-order valence-corrected chi connectivity index (χ2v) is 5.23. The summed E-state index contributed by atoms with van der Waals surface area (Å²) in [6.45, 7) is 6.09. The molecule has 116 valence electrons. The third-order valence-corrected chi connectivity index (χ3v) is 3.52. The first-order valence-electron chi connectivity index (χ1n) is 6.94. The van der Waals surface area contributed by atoms with Crippen LogP contribution in [-0.2, 0) is 0 Å². The molecule has 1 unspecified atom stereocenters. The van der Waals surface area contributed by atoms with Crippen molar-refractivity contribution >= 4 is 11.9 Å². The molecular weight excluding hydrogens is 284 g/mol. The van der Waals surface area contributed by atoms with Crippen molar-refractivity contribution in [1.29, 1.82) is 0 Å². The summed E-state index contributed by atoms with van der Waals surface area (Å²) in [6.07, 6.45) is 0. The molecular formula is C16H18N2O4. The van der Waals surface area contributed by atoms with E-state index in [1.165, 1.54) is 12.1 Å². The zero-order chi connectivity index (χ0) is 16.3. The summed E-state index contributed by atoms with van der Waals surface area (Å²) in [4.78, 5) is 23.0. The predicted octanol–water partition coefficient (Wildman–Crippen LogP) is 2.52. The number of amides is 1. The van der Waals surface area contributed by atoms with Crippen LogP contribution in [0.2, 0.25) is 0 Å². The highest BCUT2D eigenvalue weighted by molar-refractivity contribution is 5.97. The molecule has 1 heterocycles. The molecule has 6 nitrogen and oxygen atoms in total. The van der Waals surface area contributed by atoms with Gasteiger partial charge in [0.05, 0.1) is 11.3 Å². The molecule has 0 fully saturated rings. The summed E-state index contributed by atoms with van der Waals surface area (Å²) in [5.74, 6) is -0.564. The summed E-state index contributed by atoms with van der Waals surface area (Å²) in [5, 5.41) is 15.7. The SMILES string of the molecule is Cc1noc(C)c1C(C)CNC(=O)c1cccc(C(=O)O)c1. The summed E-state index contributed by atoms with van der Waals surface area (Å²) in [6, 6.07) is 5.95. The molecule has 22 heavy (non-hydrogen) atoms. The maximum absolute atomic E-state index is 12.1. The number of carbonyl (C=O) groups is 2. The number of hydrogen-bond donors (Lipinski definition) is 2. The van der Waals surface area contributed by atoms with Crippen LogP contribution in [0.3, 0.4) is 0 Å². The van der Waals surface area contributed by atoms with Crippen molar-refractivity contribution in [2.75, 3.05) is 6.54 Å². The normalized spacial score (nSPS) is 12.0. The van der Waals surface area contributed by atoms with E-state index in [0.717, 1.165) is 17.0 Å². The Balaban J connectivity index is 2.04. The Kier molecular flexibility index (Phi) is 4.60. The van der Waals surface area contributed by atoms with Crippen molar-refractivity contribution in [3.63, 3.8) is 0 Å². The molecule has 1 aromatic heterocycles. The Bertz CT molecular complexity index is 686. The lowest BCUT2D eigenvalue weighted by Gasteiger charge is -2.12. The van der Waals surface area contributed by atoms with E-state index in [2.05, 4.69) is 10.5 Å². The molecule has 0 radical (unpaired) electrons. The molecule has 0 spiro atoms. The van der Waals surface area contributed by atoms with Gasteiger partial charge in [-0.3, -0.25) is 4.79 Å². The van der Waals surface area contributed by atoms with E-state index in [4.69, 9.17) is 9.63 Å². The first-order chi connectivity index (χ1) is 10.4. The van der Waals surface area contributed by atoms with Crippen molar-refractivity contribution in [2.24, 2.45) is 0 Å². The highest BCUT2D eigenvalue weighted by Crippen LogP contribution is 2.22. The van der Waals surface area contributed by atoms with Crippen LogP contribution in [0.5, 0.6) is 0 Å². The number of aryl methyl sites for hydroxylation is 2. The lowest BCUT2D eigenvalue weighted by Crippen LogP contribution is -2.28. The van der Waals surface area contributed by atoms with Crippen molar-refractivity contribution in [3.05, 3.63) is 52.4 Å². The van der Waals surface area contributed by atoms with Crippen LogP contribution < -0.4 is 5.32 Å². The van der Waals surface area contributed by atoms with E-state index < -0.39 is 5.97 Å². The minimum atomic E-state index is -1.06. The van der Waals surface area contributed by atoms with Crippen molar-refractivity contribution in [3.8, 4) is 0 Å². The molecule has 0 saturated heterocycles. The first kappa shape index (κ1) is 15.8. The minimum absolute atomic E-state index is 0.0536. The molecule has 0 aliphatic heterocycles. The largest absolute Gasteiger partial charge is 0.478 e. The Morgan fingerprint density at radius 2 is 2.00 bits per heavy atom. The maximum Gasteiger partial charge on any atom is 0.335 e. The van der Waals surface area contributed by atoms with E-state index in [-0.39, 0.29) is 17.4 Å². The molecule has 2 N–H and O–H groups in total. The number of aromatic nitrogens is 1. The molecule has 0 bridgehead atoms. The van der Waals surface area contributed by atoms with Crippen molar-refractivity contribution < 1.29 is 19.2 Å². The highest BCUT2D eigenvalue weighted by Gasteiger charge is 2.17. The van der Waals surface area contributed by atoms with Gasteiger partial charge >= 0.3 is 5.97 Å². The second kappa shape index (κ2) is 6.43. The van der Waals surface area contributed by atoms with Gasteiger partial charge in [0.2, 0.25) is 0 Å². The molecule has 1 atom stereocenters. The number of carboxylic acid groups (broad SMARTS) is 1. The number of nitrogens with zero attached hydrogens (tertiary/aromatic N) is 1. The van der Waals surface area contributed by atoms with Gasteiger partial charge in [-0.2, -0.15) is 0 Å². The van der Waals surface area contributed by atoms with Crippen LogP contribution in [0.15, 0.2) is 28.8 Å². The summed E-state index contributed by atoms with van der Waals surface area (Å²) in [5.41, 5.74) is 2.21. The lowest BCUT2D eigenvalue weighted by molar-refractivity contribution is 0.0697. The minimum Gasteiger partial charge on any atom is -0.478 e. The Morgan fingerprint density at radius 1 is 1.32 bits per heavy atom. The third kappa shape index (κ3) is 3.33. The summed E-state index contributed by atoms with van der Waals surface area (Å²) < 4.78 is 5.12. The second-order valence-electron chi connectivity index (χ2n) is 5.23. The van der Waals surface area contributed by atoms with Crippen LogP contribution in [0.1, 0.15) is 50.6 Å². The van der Waals surface area contributed by atoms with Crippen molar-refractivity contribution in [1.82, 2.24) is 10.5 Å². The van der Waals surface area contributed by atoms with Crippen LogP contribution in [0.4, 0.5) is 0 Å². The van der Waals surface area contributed by atoms with E-state index in [9.17, 15) is 9.59 Å². The smallest absolute Gasteiger partial charge is 0.335 e. The Hall–Kier alpha value is -2.63. The lowest BCUT2D eigenvalue weighted by atomic mass is 9.99. The predicted molar refractivity (Wildman–Crippen MR) is 80.1 cm³/mol. The number of hydrogen-bond acceptors (Lipinski definition) is 4. The van der Waals surface area contributed by atoms with Gasteiger partial charge in [-0.15, -0.1) is 0 Å². The number of carboxylic acids is 1. The highest BCUT2D eigenvalue weighted by atomic mass is 16.5. The third-order valence-electron chi connectivity index (χ3n) is 3.52. The molecule has 2 rings (SSSR count). The van der Waals surface area contributed by atoms with E-state index >= 15 is 0 Å². The molecule has 0 aliphatic carbocycles. The molecule has 0 saturated carbocycles. The van der Waals surface area contributed by atoms with Crippen LogP contribution in [-0.4, -0.2) is 28.7 Å². The molecule has 6 heteroatoms. The topological polar surface area (TPSA) is 92.4 Å². The van der Waals surface area contributed by atoms with Gasteiger partial charge < -0.3 is 14.9 Å². The molecule has 1 aromatic carbocycles. The monoisotopic (exact) mass is 302 g/mol. The van der Waals surface area contributed by atoms with Gasteiger partial charge in [0.15, 0.2) is 0 Å². The molecule has 2 aromatic rings. The Morgan fingerprint density at radius 3 is 2.59 bits per heavy atom. The maximum atomic E-state index is 12.1. The fourth-order valence-corrected chi connectivity index (χ4v) is 2.44. The quantitative estimate of drug-likeness (QED) is 0.885. The summed E-state index contributed by atoms with van der Waals surface area (Å²) >= 11 is 0. The van der Waals surface area contributed by atoms with Gasteiger partial charge in [-0.1, -0.05) is 18.1 Å². The van der Waals surface area contributed by atoms with Crippen LogP contribution in [0, 0.1) is 13.8 Å². The zero-order valence-electron chi connectivity index (χ0n) is 12.7. The van der Waals surface area contributed by atoms with Gasteiger partial charge in [0.1, 0.15) is 5.76 Å². The number of rotatable bonds is 5. The number of aromatic carboxylic acids is 1. The van der Waals surface area contributed by atoms with Gasteiger partial charge in [0.25, 0.3) is 5.91 Å². The molecule has 1 amide bonds. The van der Waals surface area contributed by atoms with Gasteiger partial charge in [-0.25, -0.2) is 4.79 Å². The van der Waals surface area contributed by atoms with Crippen molar-refractivity contribution in [2.45, 2.75) is 26.7 Å².